The van der Waals surface area contributed by atoms with Crippen molar-refractivity contribution in [2.24, 2.45) is 0 Å². The van der Waals surface area contributed by atoms with Gasteiger partial charge >= 0.3 is 0 Å². The maximum Gasteiger partial charge on any atom is 0.0925 e. The lowest BCUT2D eigenvalue weighted by Crippen LogP contribution is -2.29. The summed E-state index contributed by atoms with van der Waals surface area (Å²) in [5.74, 6) is 0. The standard InChI is InChI=1S/C16H22N4S/c1-2-5-19(4-1)8-13-7-14(21-11-13)9-20-6-3-15-16(10-20)18-12-17-15/h7,11-12H,1-6,8-10H2,(H,17,18). The van der Waals surface area contributed by atoms with E-state index < -0.39 is 0 Å². The molecule has 0 aromatic carbocycles. The molecule has 2 aliphatic rings. The first-order chi connectivity index (χ1) is 10.4. The molecule has 0 saturated carbocycles. The Hall–Kier alpha value is -1.17. The average molecular weight is 302 g/mol. The van der Waals surface area contributed by atoms with Crippen molar-refractivity contribution < 1.29 is 0 Å². The van der Waals surface area contributed by atoms with E-state index in [9.17, 15) is 0 Å². The lowest BCUT2D eigenvalue weighted by molar-refractivity contribution is 0.243. The second kappa shape index (κ2) is 5.91. The minimum absolute atomic E-state index is 1.01. The molecule has 4 nitrogen and oxygen atoms in total. The Morgan fingerprint density at radius 1 is 1.14 bits per heavy atom. The van der Waals surface area contributed by atoms with Crippen LogP contribution in [0, 0.1) is 0 Å². The van der Waals surface area contributed by atoms with Crippen molar-refractivity contribution in [2.45, 2.75) is 38.9 Å². The van der Waals surface area contributed by atoms with Crippen molar-refractivity contribution in [3.8, 4) is 0 Å². The molecular weight excluding hydrogens is 280 g/mol. The van der Waals surface area contributed by atoms with E-state index in [-0.39, 0.29) is 0 Å². The van der Waals surface area contributed by atoms with E-state index in [0.717, 1.165) is 32.6 Å². The molecule has 4 heterocycles. The molecule has 0 radical (unpaired) electrons. The van der Waals surface area contributed by atoms with E-state index in [4.69, 9.17) is 0 Å². The fourth-order valence-corrected chi connectivity index (χ4v) is 4.34. The Morgan fingerprint density at radius 3 is 2.95 bits per heavy atom. The van der Waals surface area contributed by atoms with Gasteiger partial charge in [0.15, 0.2) is 0 Å². The summed E-state index contributed by atoms with van der Waals surface area (Å²) in [6.45, 7) is 6.90. The van der Waals surface area contributed by atoms with Crippen LogP contribution in [-0.2, 0) is 26.1 Å². The highest BCUT2D eigenvalue weighted by atomic mass is 32.1. The third-order valence-electron chi connectivity index (χ3n) is 4.55. The molecule has 0 atom stereocenters. The van der Waals surface area contributed by atoms with Gasteiger partial charge in [-0.05, 0) is 42.9 Å². The van der Waals surface area contributed by atoms with Gasteiger partial charge in [0.1, 0.15) is 0 Å². The Labute approximate surface area is 129 Å². The first-order valence-electron chi connectivity index (χ1n) is 7.89. The topological polar surface area (TPSA) is 35.2 Å². The van der Waals surface area contributed by atoms with E-state index in [1.54, 1.807) is 0 Å². The van der Waals surface area contributed by atoms with Gasteiger partial charge in [0.2, 0.25) is 0 Å². The Kier molecular flexibility index (Phi) is 3.80. The highest BCUT2D eigenvalue weighted by Gasteiger charge is 2.19. The summed E-state index contributed by atoms with van der Waals surface area (Å²) in [7, 11) is 0. The molecule has 4 rings (SSSR count). The number of imidazole rings is 1. The number of fused-ring (bicyclic) bond motifs is 1. The quantitative estimate of drug-likeness (QED) is 0.943. The van der Waals surface area contributed by atoms with E-state index in [1.165, 1.54) is 47.8 Å². The van der Waals surface area contributed by atoms with Gasteiger partial charge in [0.25, 0.3) is 0 Å². The second-order valence-corrected chi connectivity index (χ2v) is 7.19. The molecule has 1 saturated heterocycles. The lowest BCUT2D eigenvalue weighted by Gasteiger charge is -2.25. The van der Waals surface area contributed by atoms with Crippen LogP contribution in [0.2, 0.25) is 0 Å². The van der Waals surface area contributed by atoms with Crippen LogP contribution in [0.1, 0.15) is 34.7 Å². The molecule has 0 bridgehead atoms. The van der Waals surface area contributed by atoms with Crippen LogP contribution >= 0.6 is 11.3 Å². The predicted octanol–water partition coefficient (Wildman–Crippen LogP) is 2.63. The second-order valence-electron chi connectivity index (χ2n) is 6.19. The van der Waals surface area contributed by atoms with Crippen molar-refractivity contribution in [2.75, 3.05) is 19.6 Å². The van der Waals surface area contributed by atoms with Gasteiger partial charge in [0, 0.05) is 37.5 Å². The van der Waals surface area contributed by atoms with Crippen molar-refractivity contribution in [1.29, 1.82) is 0 Å². The number of nitrogens with one attached hydrogen (secondary N) is 1. The lowest BCUT2D eigenvalue weighted by atomic mass is 10.1. The zero-order valence-corrected chi connectivity index (χ0v) is 13.2. The summed E-state index contributed by atoms with van der Waals surface area (Å²) >= 11 is 1.92. The zero-order chi connectivity index (χ0) is 14.1. The van der Waals surface area contributed by atoms with Crippen molar-refractivity contribution >= 4 is 11.3 Å². The normalized spacial score (nSPS) is 20.0. The molecule has 112 valence electrons. The van der Waals surface area contributed by atoms with Gasteiger partial charge in [-0.3, -0.25) is 9.80 Å². The minimum Gasteiger partial charge on any atom is -0.347 e. The minimum atomic E-state index is 1.01. The number of H-pyrrole nitrogens is 1. The smallest absolute Gasteiger partial charge is 0.0925 e. The fraction of sp³-hybridized carbons (Fsp3) is 0.562. The number of aromatic amines is 1. The van der Waals surface area contributed by atoms with Gasteiger partial charge in [-0.15, -0.1) is 11.3 Å². The summed E-state index contributed by atoms with van der Waals surface area (Å²) < 4.78 is 0. The molecule has 0 spiro atoms. The monoisotopic (exact) mass is 302 g/mol. The van der Waals surface area contributed by atoms with Crippen molar-refractivity contribution in [3.63, 3.8) is 0 Å². The number of thiophene rings is 1. The number of aromatic nitrogens is 2. The van der Waals surface area contributed by atoms with Crippen LogP contribution in [0.3, 0.4) is 0 Å². The van der Waals surface area contributed by atoms with E-state index in [1.807, 2.05) is 17.7 Å². The van der Waals surface area contributed by atoms with Gasteiger partial charge in [-0.25, -0.2) is 4.98 Å². The van der Waals surface area contributed by atoms with Gasteiger partial charge in [0.05, 0.1) is 17.7 Å². The van der Waals surface area contributed by atoms with Crippen LogP contribution < -0.4 is 0 Å². The first-order valence-corrected chi connectivity index (χ1v) is 8.77. The van der Waals surface area contributed by atoms with Crippen LogP contribution in [0.4, 0.5) is 0 Å². The molecule has 0 aliphatic carbocycles. The highest BCUT2D eigenvalue weighted by molar-refractivity contribution is 7.10. The third kappa shape index (κ3) is 3.05. The first kappa shape index (κ1) is 13.5. The van der Waals surface area contributed by atoms with Crippen LogP contribution in [-0.4, -0.2) is 39.4 Å². The summed E-state index contributed by atoms with van der Waals surface area (Å²) in [5.41, 5.74) is 4.05. The Balaban J connectivity index is 1.36. The van der Waals surface area contributed by atoms with Gasteiger partial charge in [-0.2, -0.15) is 0 Å². The van der Waals surface area contributed by atoms with E-state index in [0.29, 0.717) is 0 Å². The molecular formula is C16H22N4S. The maximum atomic E-state index is 4.37. The molecule has 2 aromatic rings. The number of hydrogen-bond donors (Lipinski definition) is 1. The van der Waals surface area contributed by atoms with Crippen LogP contribution in [0.25, 0.3) is 0 Å². The summed E-state index contributed by atoms with van der Waals surface area (Å²) in [6.07, 6.45) is 5.65. The number of nitrogens with zero attached hydrogens (tertiary/aromatic N) is 3. The maximum absolute atomic E-state index is 4.37. The highest BCUT2D eigenvalue weighted by Crippen LogP contribution is 2.23. The largest absolute Gasteiger partial charge is 0.347 e. The molecule has 1 N–H and O–H groups in total. The molecule has 2 aliphatic heterocycles. The predicted molar refractivity (Wildman–Crippen MR) is 85.2 cm³/mol. The van der Waals surface area contributed by atoms with Crippen LogP contribution in [0.5, 0.6) is 0 Å². The third-order valence-corrected chi connectivity index (χ3v) is 5.52. The molecule has 1 fully saturated rings. The van der Waals surface area contributed by atoms with Gasteiger partial charge < -0.3 is 4.98 Å². The van der Waals surface area contributed by atoms with Crippen molar-refractivity contribution in [3.05, 3.63) is 39.6 Å². The Bertz CT molecular complexity index is 597. The fourth-order valence-electron chi connectivity index (χ4n) is 3.41. The zero-order valence-electron chi connectivity index (χ0n) is 12.3. The van der Waals surface area contributed by atoms with E-state index in [2.05, 4.69) is 31.2 Å². The molecule has 0 unspecified atom stereocenters. The summed E-state index contributed by atoms with van der Waals surface area (Å²) in [6, 6.07) is 2.41. The molecule has 0 amide bonds. The molecule has 2 aromatic heterocycles. The van der Waals surface area contributed by atoms with Gasteiger partial charge in [-0.1, -0.05) is 0 Å². The number of likely N-dealkylation sites (tertiary alicyclic amines) is 1. The van der Waals surface area contributed by atoms with E-state index >= 15 is 0 Å². The SMILES string of the molecule is c1nc2c([nH]1)CN(Cc1cc(CN3CCCC3)cs1)CC2. The number of rotatable bonds is 4. The summed E-state index contributed by atoms with van der Waals surface area (Å²) in [5, 5.41) is 2.35. The molecule has 5 heteroatoms. The summed E-state index contributed by atoms with van der Waals surface area (Å²) in [4.78, 5) is 14.2. The number of hydrogen-bond acceptors (Lipinski definition) is 4. The average Bonchev–Trinajstić information content (AvgIpc) is 3.21. The van der Waals surface area contributed by atoms with Crippen LogP contribution in [0.15, 0.2) is 17.8 Å². The van der Waals surface area contributed by atoms with Crippen molar-refractivity contribution in [1.82, 2.24) is 19.8 Å². The Morgan fingerprint density at radius 2 is 2.05 bits per heavy atom. The molecule has 21 heavy (non-hydrogen) atoms.